The number of carbonyl (C=O) groups is 1. The number of nitrogens with zero attached hydrogens (tertiary/aromatic N) is 1. The van der Waals surface area contributed by atoms with Gasteiger partial charge in [0, 0.05) is 19.5 Å². The van der Waals surface area contributed by atoms with Crippen molar-refractivity contribution in [2.45, 2.75) is 46.5 Å². The molecular weight excluding hydrogens is 198 g/mol. The average molecular weight is 223 g/mol. The normalized spacial score (nSPS) is 11.4. The first-order valence-electron chi connectivity index (χ1n) is 6.33. The monoisotopic (exact) mass is 223 g/mol. The molecule has 0 aliphatic heterocycles. The highest BCUT2D eigenvalue weighted by Crippen LogP contribution is 1.97. The third kappa shape index (κ3) is 7.27. The van der Waals surface area contributed by atoms with Crippen molar-refractivity contribution in [2.75, 3.05) is 13.1 Å². The highest BCUT2D eigenvalue weighted by Gasteiger charge is 2.05. The maximum atomic E-state index is 11.4. The topological polar surface area (TPSA) is 20.3 Å². The lowest BCUT2D eigenvalue weighted by atomic mass is 10.2. The number of likely N-dealkylation sites (N-methyl/N-ethyl adjacent to an activating group) is 1. The van der Waals surface area contributed by atoms with Gasteiger partial charge in [0.1, 0.15) is 0 Å². The van der Waals surface area contributed by atoms with Crippen molar-refractivity contribution < 1.29 is 4.79 Å². The summed E-state index contributed by atoms with van der Waals surface area (Å²) < 4.78 is 0. The van der Waals surface area contributed by atoms with Crippen molar-refractivity contribution in [1.29, 1.82) is 0 Å². The quantitative estimate of drug-likeness (QED) is 0.455. The van der Waals surface area contributed by atoms with E-state index < -0.39 is 0 Å². The Balaban J connectivity index is 3.71. The van der Waals surface area contributed by atoms with Crippen LogP contribution in [0.5, 0.6) is 0 Å². The maximum Gasteiger partial charge on any atom is 0.222 e. The van der Waals surface area contributed by atoms with Crippen LogP contribution in [0.4, 0.5) is 0 Å². The smallest absolute Gasteiger partial charge is 0.222 e. The van der Waals surface area contributed by atoms with Crippen LogP contribution in [0.25, 0.3) is 0 Å². The highest BCUT2D eigenvalue weighted by atomic mass is 16.2. The predicted octanol–water partition coefficient (Wildman–Crippen LogP) is 3.55. The fraction of sp³-hybridized carbons (Fsp3) is 0.643. The molecule has 0 saturated carbocycles. The number of unbranched alkanes of at least 4 members (excludes halogenated alkanes) is 1. The van der Waals surface area contributed by atoms with E-state index in [-0.39, 0.29) is 5.91 Å². The van der Waals surface area contributed by atoms with Gasteiger partial charge >= 0.3 is 0 Å². The van der Waals surface area contributed by atoms with E-state index in [0.717, 1.165) is 32.4 Å². The average Bonchev–Trinajstić information content (AvgIpc) is 2.32. The van der Waals surface area contributed by atoms with Crippen LogP contribution in [0.1, 0.15) is 46.5 Å². The summed E-state index contributed by atoms with van der Waals surface area (Å²) in [5.74, 6) is 0.234. The lowest BCUT2D eigenvalue weighted by Gasteiger charge is -2.17. The Morgan fingerprint density at radius 1 is 1.00 bits per heavy atom. The molecule has 0 rings (SSSR count). The van der Waals surface area contributed by atoms with Crippen LogP contribution < -0.4 is 0 Å². The summed E-state index contributed by atoms with van der Waals surface area (Å²) in [6.45, 7) is 7.62. The Bertz CT molecular complexity index is 231. The van der Waals surface area contributed by atoms with Crippen LogP contribution in [-0.4, -0.2) is 23.9 Å². The molecule has 0 bridgehead atoms. The molecule has 0 N–H and O–H groups in total. The third-order valence-electron chi connectivity index (χ3n) is 2.43. The van der Waals surface area contributed by atoms with Crippen LogP contribution in [0.2, 0.25) is 0 Å². The van der Waals surface area contributed by atoms with Crippen LogP contribution in [0, 0.1) is 0 Å². The lowest BCUT2D eigenvalue weighted by molar-refractivity contribution is -0.130. The molecule has 0 aromatic carbocycles. The predicted molar refractivity (Wildman–Crippen MR) is 70.4 cm³/mol. The molecule has 0 aliphatic carbocycles. The number of rotatable bonds is 8. The second kappa shape index (κ2) is 10.5. The summed E-state index contributed by atoms with van der Waals surface area (Å²) in [6, 6.07) is 0. The van der Waals surface area contributed by atoms with Gasteiger partial charge in [-0.05, 0) is 26.2 Å². The molecule has 2 heteroatoms. The molecule has 92 valence electrons. The Morgan fingerprint density at radius 2 is 1.62 bits per heavy atom. The minimum Gasteiger partial charge on any atom is -0.339 e. The van der Waals surface area contributed by atoms with Crippen molar-refractivity contribution in [3.8, 4) is 0 Å². The van der Waals surface area contributed by atoms with Gasteiger partial charge in [-0.1, -0.05) is 38.2 Å². The summed E-state index contributed by atoms with van der Waals surface area (Å²) in [6.07, 6.45) is 12.5. The van der Waals surface area contributed by atoms with E-state index >= 15 is 0 Å². The van der Waals surface area contributed by atoms with Gasteiger partial charge in [-0.15, -0.1) is 0 Å². The van der Waals surface area contributed by atoms with Crippen molar-refractivity contribution in [1.82, 2.24) is 4.90 Å². The summed E-state index contributed by atoms with van der Waals surface area (Å²) in [5, 5.41) is 0. The van der Waals surface area contributed by atoms with Crippen LogP contribution >= 0.6 is 0 Å². The van der Waals surface area contributed by atoms with Crippen LogP contribution in [0.15, 0.2) is 24.3 Å². The Labute approximate surface area is 100 Å². The first kappa shape index (κ1) is 14.9. The minimum atomic E-state index is 0.234. The highest BCUT2D eigenvalue weighted by molar-refractivity contribution is 5.75. The van der Waals surface area contributed by atoms with Crippen molar-refractivity contribution >= 4 is 5.91 Å². The molecular formula is C14H25NO. The first-order chi connectivity index (χ1) is 7.76. The molecule has 0 atom stereocenters. The summed E-state index contributed by atoms with van der Waals surface area (Å²) >= 11 is 0. The largest absolute Gasteiger partial charge is 0.339 e. The summed E-state index contributed by atoms with van der Waals surface area (Å²) in [4.78, 5) is 13.3. The number of hydrogen-bond donors (Lipinski definition) is 0. The van der Waals surface area contributed by atoms with E-state index in [9.17, 15) is 4.79 Å². The van der Waals surface area contributed by atoms with Crippen LogP contribution in [0.3, 0.4) is 0 Å². The van der Waals surface area contributed by atoms with Gasteiger partial charge in [0.05, 0.1) is 0 Å². The lowest BCUT2D eigenvalue weighted by Crippen LogP contribution is -2.30. The van der Waals surface area contributed by atoms with Crippen molar-refractivity contribution in [3.63, 3.8) is 0 Å². The molecule has 0 heterocycles. The van der Waals surface area contributed by atoms with E-state index in [1.165, 1.54) is 0 Å². The van der Waals surface area contributed by atoms with Crippen molar-refractivity contribution in [2.24, 2.45) is 0 Å². The van der Waals surface area contributed by atoms with Crippen LogP contribution in [-0.2, 0) is 4.79 Å². The number of hydrogen-bond acceptors (Lipinski definition) is 1. The van der Waals surface area contributed by atoms with Gasteiger partial charge in [0.25, 0.3) is 0 Å². The molecule has 2 nitrogen and oxygen atoms in total. The molecule has 0 saturated heterocycles. The fourth-order valence-electron chi connectivity index (χ4n) is 1.43. The van der Waals surface area contributed by atoms with Crippen molar-refractivity contribution in [3.05, 3.63) is 24.3 Å². The van der Waals surface area contributed by atoms with E-state index in [2.05, 4.69) is 31.2 Å². The number of amides is 1. The minimum absolute atomic E-state index is 0.234. The maximum absolute atomic E-state index is 11.4. The van der Waals surface area contributed by atoms with Gasteiger partial charge in [-0.3, -0.25) is 4.79 Å². The number of carbonyl (C=O) groups excluding carboxylic acids is 1. The second-order valence-electron chi connectivity index (χ2n) is 3.71. The molecule has 0 aliphatic rings. The summed E-state index contributed by atoms with van der Waals surface area (Å²) in [7, 11) is 0. The van der Waals surface area contributed by atoms with E-state index in [0.29, 0.717) is 6.42 Å². The zero-order chi connectivity index (χ0) is 12.2. The molecule has 0 fully saturated rings. The Morgan fingerprint density at radius 3 is 2.12 bits per heavy atom. The first-order valence-corrected chi connectivity index (χ1v) is 6.33. The van der Waals surface area contributed by atoms with Gasteiger partial charge in [0.2, 0.25) is 5.91 Å². The molecule has 0 unspecified atom stereocenters. The molecule has 0 spiro atoms. The van der Waals surface area contributed by atoms with E-state index in [4.69, 9.17) is 0 Å². The SMILES string of the molecule is CCC=CCCC=CCN(CC)C(=O)CC. The standard InChI is InChI=1S/C14H25NO/c1-4-7-8-9-10-11-12-13-15(6-3)14(16)5-2/h7-8,11-12H,4-6,9-10,13H2,1-3H3. The van der Waals surface area contributed by atoms with Gasteiger partial charge in [-0.2, -0.15) is 0 Å². The van der Waals surface area contributed by atoms with E-state index in [1.807, 2.05) is 18.7 Å². The molecule has 0 radical (unpaired) electrons. The zero-order valence-electron chi connectivity index (χ0n) is 10.9. The van der Waals surface area contributed by atoms with E-state index in [1.54, 1.807) is 0 Å². The molecule has 0 aromatic heterocycles. The summed E-state index contributed by atoms with van der Waals surface area (Å²) in [5.41, 5.74) is 0. The third-order valence-corrected chi connectivity index (χ3v) is 2.43. The number of allylic oxidation sites excluding steroid dienone is 3. The Kier molecular flexibility index (Phi) is 9.78. The van der Waals surface area contributed by atoms with Gasteiger partial charge < -0.3 is 4.90 Å². The molecule has 0 aromatic rings. The van der Waals surface area contributed by atoms with Gasteiger partial charge in [0.15, 0.2) is 0 Å². The van der Waals surface area contributed by atoms with Gasteiger partial charge in [-0.25, -0.2) is 0 Å². The zero-order valence-corrected chi connectivity index (χ0v) is 10.9. The molecule has 1 amide bonds. The Hall–Kier alpha value is -1.05. The fourth-order valence-corrected chi connectivity index (χ4v) is 1.43. The molecule has 16 heavy (non-hydrogen) atoms. The second-order valence-corrected chi connectivity index (χ2v) is 3.71.